The van der Waals surface area contributed by atoms with Gasteiger partial charge in [0.2, 0.25) is 11.6 Å². The minimum atomic E-state index is -2.48. The molecule has 0 aliphatic heterocycles. The first-order valence-electron chi connectivity index (χ1n) is 7.46. The summed E-state index contributed by atoms with van der Waals surface area (Å²) in [5, 5.41) is 3.20. The Labute approximate surface area is 162 Å². The molecule has 11 heteroatoms. The predicted molar refractivity (Wildman–Crippen MR) is 110 cm³/mol. The molecule has 0 bridgehead atoms. The van der Waals surface area contributed by atoms with Gasteiger partial charge in [0, 0.05) is 5.69 Å². The van der Waals surface area contributed by atoms with Crippen molar-refractivity contribution in [3.63, 3.8) is 0 Å². The second-order valence-electron chi connectivity index (χ2n) is 4.41. The predicted octanol–water partition coefficient (Wildman–Crippen LogP) is 3.04. The molecule has 0 radical (unpaired) electrons. The molecule has 3 N–H and O–H groups in total. The van der Waals surface area contributed by atoms with E-state index in [1.807, 2.05) is 26.0 Å². The minimum absolute atomic E-state index is 0.107. The van der Waals surface area contributed by atoms with Crippen LogP contribution in [0.25, 0.3) is 0 Å². The largest absolute Gasteiger partial charge is 0.497 e. The highest BCUT2D eigenvalue weighted by Crippen LogP contribution is 2.60. The van der Waals surface area contributed by atoms with E-state index in [0.717, 1.165) is 11.4 Å². The molecule has 140 valence electrons. The number of thiocarbonyl (C=S) groups is 1. The highest BCUT2D eigenvalue weighted by Gasteiger charge is 2.20. The highest BCUT2D eigenvalue weighted by atomic mass is 32.9. The SMILES string of the molecule is CCOP(=S)(OCC)SCC(=O)NNC(=S)Nc1ccc(OC)cc1. The number of methoxy groups -OCH3 is 1. The molecule has 1 aromatic rings. The number of benzene rings is 1. The summed E-state index contributed by atoms with van der Waals surface area (Å²) in [7, 11) is 1.60. The van der Waals surface area contributed by atoms with E-state index in [1.54, 1.807) is 19.2 Å². The number of hydrogen-bond acceptors (Lipinski definition) is 7. The number of rotatable bonds is 9. The minimum Gasteiger partial charge on any atom is -0.497 e. The molecule has 0 unspecified atom stereocenters. The normalized spacial score (nSPS) is 10.8. The van der Waals surface area contributed by atoms with E-state index in [2.05, 4.69) is 16.2 Å². The van der Waals surface area contributed by atoms with Gasteiger partial charge < -0.3 is 19.1 Å². The standard InChI is InChI=1S/C14H22N3O4PS3/c1-4-20-22(24,21-5-2)25-10-13(18)16-17-14(23)15-11-6-8-12(19-3)9-7-11/h6-9H,4-5,10H2,1-3H3,(H,16,18)(H2,15,17,23). The summed E-state index contributed by atoms with van der Waals surface area (Å²) in [5.41, 5.74) is 3.42. The van der Waals surface area contributed by atoms with Crippen molar-refractivity contribution < 1.29 is 18.6 Å². The first-order valence-corrected chi connectivity index (χ1v) is 12.1. The monoisotopic (exact) mass is 423 g/mol. The molecule has 0 aliphatic rings. The number of amides is 1. The number of carbonyl (C=O) groups is 1. The number of nitrogens with one attached hydrogen (secondary N) is 3. The number of ether oxygens (including phenoxy) is 1. The van der Waals surface area contributed by atoms with Gasteiger partial charge in [0.05, 0.1) is 26.1 Å². The molecule has 0 spiro atoms. The molecule has 7 nitrogen and oxygen atoms in total. The van der Waals surface area contributed by atoms with Crippen LogP contribution in [0.5, 0.6) is 5.75 Å². The summed E-state index contributed by atoms with van der Waals surface area (Å²) >= 11 is 11.7. The maximum absolute atomic E-state index is 11.9. The summed E-state index contributed by atoms with van der Waals surface area (Å²) in [6.07, 6.45) is 0. The Hall–Kier alpha value is -0.900. The lowest BCUT2D eigenvalue weighted by Gasteiger charge is -2.19. The average Bonchev–Trinajstić information content (AvgIpc) is 2.59. The first-order chi connectivity index (χ1) is 11.9. The van der Waals surface area contributed by atoms with Crippen LogP contribution in [-0.2, 0) is 25.6 Å². The molecule has 0 aliphatic carbocycles. The Morgan fingerprint density at radius 3 is 2.28 bits per heavy atom. The third kappa shape index (κ3) is 8.84. The molecular weight excluding hydrogens is 401 g/mol. The van der Waals surface area contributed by atoms with Crippen molar-refractivity contribution >= 4 is 57.8 Å². The highest BCUT2D eigenvalue weighted by molar-refractivity contribution is 8.68. The third-order valence-electron chi connectivity index (χ3n) is 2.59. The molecule has 25 heavy (non-hydrogen) atoms. The Morgan fingerprint density at radius 1 is 1.16 bits per heavy atom. The summed E-state index contributed by atoms with van der Waals surface area (Å²) in [6.45, 7) is 4.57. The summed E-state index contributed by atoms with van der Waals surface area (Å²) < 4.78 is 16.0. The van der Waals surface area contributed by atoms with E-state index >= 15 is 0 Å². The van der Waals surface area contributed by atoms with E-state index in [-0.39, 0.29) is 16.8 Å². The van der Waals surface area contributed by atoms with Crippen molar-refractivity contribution in [1.82, 2.24) is 10.9 Å². The van der Waals surface area contributed by atoms with Crippen LogP contribution in [0, 0.1) is 0 Å². The maximum Gasteiger partial charge on any atom is 0.248 e. The van der Waals surface area contributed by atoms with Crippen LogP contribution < -0.4 is 20.9 Å². The van der Waals surface area contributed by atoms with Gasteiger partial charge in [-0.1, -0.05) is 11.4 Å². The Balaban J connectivity index is 2.37. The molecule has 0 heterocycles. The second-order valence-corrected chi connectivity index (χ2v) is 11.1. The van der Waals surface area contributed by atoms with Gasteiger partial charge in [-0.05, 0) is 62.1 Å². The first kappa shape index (κ1) is 22.1. The molecule has 1 amide bonds. The van der Waals surface area contributed by atoms with Gasteiger partial charge in [0.25, 0.3) is 0 Å². The topological polar surface area (TPSA) is 80.9 Å². The molecule has 1 aromatic carbocycles. The van der Waals surface area contributed by atoms with Crippen molar-refractivity contribution in [3.8, 4) is 5.75 Å². The molecule has 0 saturated carbocycles. The van der Waals surface area contributed by atoms with Crippen LogP contribution in [0.1, 0.15) is 13.8 Å². The van der Waals surface area contributed by atoms with Gasteiger partial charge in [-0.3, -0.25) is 15.6 Å². The lowest BCUT2D eigenvalue weighted by Crippen LogP contribution is -2.44. The number of anilines is 1. The van der Waals surface area contributed by atoms with E-state index in [4.69, 9.17) is 37.8 Å². The smallest absolute Gasteiger partial charge is 0.248 e. The van der Waals surface area contributed by atoms with Gasteiger partial charge >= 0.3 is 0 Å². The van der Waals surface area contributed by atoms with Gasteiger partial charge in [-0.15, -0.1) is 0 Å². The average molecular weight is 424 g/mol. The Morgan fingerprint density at radius 2 is 1.76 bits per heavy atom. The van der Waals surface area contributed by atoms with Crippen LogP contribution in [0.15, 0.2) is 24.3 Å². The molecule has 0 aromatic heterocycles. The van der Waals surface area contributed by atoms with E-state index < -0.39 is 5.69 Å². The maximum atomic E-state index is 11.9. The van der Waals surface area contributed by atoms with Crippen molar-refractivity contribution in [2.75, 3.05) is 31.4 Å². The molecular formula is C14H22N3O4PS3. The van der Waals surface area contributed by atoms with E-state index in [0.29, 0.717) is 13.2 Å². The fourth-order valence-corrected chi connectivity index (χ4v) is 5.95. The van der Waals surface area contributed by atoms with Gasteiger partial charge in [-0.25, -0.2) is 0 Å². The van der Waals surface area contributed by atoms with E-state index in [1.165, 1.54) is 11.4 Å². The zero-order valence-corrected chi connectivity index (χ0v) is 17.6. The molecule has 0 atom stereocenters. The molecule has 0 saturated heterocycles. The number of hydrazine groups is 1. The van der Waals surface area contributed by atoms with Crippen LogP contribution in [0.4, 0.5) is 5.69 Å². The summed E-state index contributed by atoms with van der Waals surface area (Å²) in [4.78, 5) is 11.9. The Kier molecular flexibility index (Phi) is 10.3. The number of carbonyl (C=O) groups excluding carboxylic acids is 1. The summed E-state index contributed by atoms with van der Waals surface area (Å²) in [5.74, 6) is 0.571. The van der Waals surface area contributed by atoms with E-state index in [9.17, 15) is 4.79 Å². The van der Waals surface area contributed by atoms with Crippen LogP contribution in [0.2, 0.25) is 0 Å². The molecule has 1 rings (SSSR count). The van der Waals surface area contributed by atoms with Crippen LogP contribution >= 0.6 is 29.3 Å². The lowest BCUT2D eigenvalue weighted by molar-refractivity contribution is -0.119. The zero-order chi connectivity index (χ0) is 18.7. The van der Waals surface area contributed by atoms with Gasteiger partial charge in [-0.2, -0.15) is 0 Å². The van der Waals surface area contributed by atoms with Crippen molar-refractivity contribution in [3.05, 3.63) is 24.3 Å². The summed E-state index contributed by atoms with van der Waals surface area (Å²) in [6, 6.07) is 7.22. The van der Waals surface area contributed by atoms with Crippen LogP contribution in [-0.4, -0.2) is 37.1 Å². The van der Waals surface area contributed by atoms with Crippen molar-refractivity contribution in [2.45, 2.75) is 13.8 Å². The quantitative estimate of drug-likeness (QED) is 0.315. The van der Waals surface area contributed by atoms with Crippen molar-refractivity contribution in [1.29, 1.82) is 0 Å². The molecule has 0 fully saturated rings. The fraction of sp³-hybridized carbons (Fsp3) is 0.429. The third-order valence-corrected chi connectivity index (χ3v) is 8.20. The zero-order valence-electron chi connectivity index (χ0n) is 14.2. The lowest BCUT2D eigenvalue weighted by atomic mass is 10.3. The fourth-order valence-electron chi connectivity index (χ4n) is 1.56. The van der Waals surface area contributed by atoms with Gasteiger partial charge in [0.1, 0.15) is 5.75 Å². The Bertz CT molecular complexity index is 606. The second kappa shape index (κ2) is 11.7. The van der Waals surface area contributed by atoms with Crippen molar-refractivity contribution in [2.24, 2.45) is 0 Å². The van der Waals surface area contributed by atoms with Gasteiger partial charge in [0.15, 0.2) is 5.11 Å². The number of hydrogen-bond donors (Lipinski definition) is 3. The van der Waals surface area contributed by atoms with Crippen LogP contribution in [0.3, 0.4) is 0 Å².